The van der Waals surface area contributed by atoms with E-state index in [1.54, 1.807) is 19.4 Å². The average Bonchev–Trinajstić information content (AvgIpc) is 2.52. The summed E-state index contributed by atoms with van der Waals surface area (Å²) in [5.41, 5.74) is 2.20. The van der Waals surface area contributed by atoms with Crippen LogP contribution in [0, 0.1) is 0 Å². The molecule has 0 aliphatic rings. The van der Waals surface area contributed by atoms with E-state index in [0.29, 0.717) is 18.3 Å². The van der Waals surface area contributed by atoms with Crippen LogP contribution in [-0.2, 0) is 6.54 Å². The number of carbonyl (C=O) groups is 1. The van der Waals surface area contributed by atoms with Gasteiger partial charge in [-0.25, -0.2) is 0 Å². The molecule has 1 heterocycles. The quantitative estimate of drug-likeness (QED) is 0.861. The van der Waals surface area contributed by atoms with Crippen LogP contribution in [0.3, 0.4) is 0 Å². The minimum Gasteiger partial charge on any atom is -0.496 e. The van der Waals surface area contributed by atoms with Gasteiger partial charge in [-0.3, -0.25) is 9.78 Å². The van der Waals surface area contributed by atoms with Crippen molar-refractivity contribution in [1.29, 1.82) is 0 Å². The summed E-state index contributed by atoms with van der Waals surface area (Å²) in [6.07, 6.45) is 1.63. The third-order valence-corrected chi connectivity index (χ3v) is 3.08. The number of anilines is 1. The first-order chi connectivity index (χ1) is 10.6. The predicted molar refractivity (Wildman–Crippen MR) is 87.2 cm³/mol. The van der Waals surface area contributed by atoms with Crippen molar-refractivity contribution < 1.29 is 9.53 Å². The Balaban J connectivity index is 2.03. The van der Waals surface area contributed by atoms with Gasteiger partial charge in [-0.2, -0.15) is 0 Å². The molecular formula is C17H21N3O2. The zero-order chi connectivity index (χ0) is 15.9. The van der Waals surface area contributed by atoms with E-state index in [4.69, 9.17) is 4.74 Å². The lowest BCUT2D eigenvalue weighted by Crippen LogP contribution is -2.24. The van der Waals surface area contributed by atoms with Gasteiger partial charge in [0.25, 0.3) is 5.91 Å². The van der Waals surface area contributed by atoms with Gasteiger partial charge in [-0.05, 0) is 32.0 Å². The lowest BCUT2D eigenvalue weighted by molar-refractivity contribution is 0.0945. The lowest BCUT2D eigenvalue weighted by atomic mass is 10.2. The van der Waals surface area contributed by atoms with Crippen molar-refractivity contribution in [3.8, 4) is 5.75 Å². The van der Waals surface area contributed by atoms with Gasteiger partial charge in [0.2, 0.25) is 0 Å². The van der Waals surface area contributed by atoms with E-state index in [2.05, 4.69) is 15.6 Å². The molecular weight excluding hydrogens is 278 g/mol. The molecule has 0 radical (unpaired) electrons. The second-order valence-electron chi connectivity index (χ2n) is 5.22. The highest BCUT2D eigenvalue weighted by molar-refractivity contribution is 5.93. The number of nitrogens with one attached hydrogen (secondary N) is 2. The summed E-state index contributed by atoms with van der Waals surface area (Å²) >= 11 is 0. The normalized spacial score (nSPS) is 10.4. The van der Waals surface area contributed by atoms with Gasteiger partial charge in [0, 0.05) is 30.0 Å². The first-order valence-corrected chi connectivity index (χ1v) is 7.23. The van der Waals surface area contributed by atoms with Gasteiger partial charge in [0.1, 0.15) is 11.4 Å². The smallest absolute Gasteiger partial charge is 0.270 e. The summed E-state index contributed by atoms with van der Waals surface area (Å²) in [7, 11) is 1.61. The summed E-state index contributed by atoms with van der Waals surface area (Å²) in [6, 6.07) is 11.5. The summed E-state index contributed by atoms with van der Waals surface area (Å²) < 4.78 is 5.27. The molecule has 0 aliphatic carbocycles. The number of hydrogen-bond donors (Lipinski definition) is 2. The van der Waals surface area contributed by atoms with Gasteiger partial charge in [-0.15, -0.1) is 0 Å². The Morgan fingerprint density at radius 3 is 2.77 bits per heavy atom. The summed E-state index contributed by atoms with van der Waals surface area (Å²) in [5.74, 6) is 0.546. The number of nitrogens with zero attached hydrogens (tertiary/aromatic N) is 1. The van der Waals surface area contributed by atoms with Crippen molar-refractivity contribution in [3.05, 3.63) is 53.9 Å². The number of para-hydroxylation sites is 1. The van der Waals surface area contributed by atoms with Crippen LogP contribution in [0.4, 0.5) is 5.69 Å². The van der Waals surface area contributed by atoms with Gasteiger partial charge in [0.15, 0.2) is 0 Å². The molecule has 0 atom stereocenters. The molecule has 5 heteroatoms. The number of pyridine rings is 1. The van der Waals surface area contributed by atoms with Gasteiger partial charge >= 0.3 is 0 Å². The van der Waals surface area contributed by atoms with Gasteiger partial charge in [0.05, 0.1) is 7.11 Å². The minimum atomic E-state index is -0.210. The molecule has 0 saturated heterocycles. The fraction of sp³-hybridized carbons (Fsp3) is 0.294. The minimum absolute atomic E-state index is 0.210. The van der Waals surface area contributed by atoms with Crippen LogP contribution in [0.25, 0.3) is 0 Å². The van der Waals surface area contributed by atoms with Crippen molar-refractivity contribution in [2.75, 3.05) is 12.4 Å². The molecule has 0 saturated carbocycles. The van der Waals surface area contributed by atoms with Crippen LogP contribution in [0.5, 0.6) is 5.75 Å². The van der Waals surface area contributed by atoms with Crippen molar-refractivity contribution >= 4 is 11.6 Å². The van der Waals surface area contributed by atoms with Crippen LogP contribution in [0.15, 0.2) is 42.6 Å². The highest BCUT2D eigenvalue weighted by Crippen LogP contribution is 2.17. The molecule has 116 valence electrons. The van der Waals surface area contributed by atoms with Crippen molar-refractivity contribution in [2.24, 2.45) is 0 Å². The van der Waals surface area contributed by atoms with E-state index in [-0.39, 0.29) is 5.91 Å². The Labute approximate surface area is 130 Å². The third kappa shape index (κ3) is 4.22. The predicted octanol–water partition coefficient (Wildman–Crippen LogP) is 2.84. The fourth-order valence-electron chi connectivity index (χ4n) is 2.09. The van der Waals surface area contributed by atoms with E-state index in [0.717, 1.165) is 17.0 Å². The van der Waals surface area contributed by atoms with E-state index < -0.39 is 0 Å². The number of ether oxygens (including phenoxy) is 1. The monoisotopic (exact) mass is 299 g/mol. The number of aromatic nitrogens is 1. The second kappa shape index (κ2) is 7.45. The second-order valence-corrected chi connectivity index (χ2v) is 5.22. The zero-order valence-corrected chi connectivity index (χ0v) is 13.1. The number of benzene rings is 1. The van der Waals surface area contributed by atoms with Crippen LogP contribution >= 0.6 is 0 Å². The number of amides is 1. The topological polar surface area (TPSA) is 63.2 Å². The molecule has 0 unspecified atom stereocenters. The van der Waals surface area contributed by atoms with Crippen LogP contribution in [-0.4, -0.2) is 24.0 Å². The van der Waals surface area contributed by atoms with Crippen LogP contribution in [0.2, 0.25) is 0 Å². The maximum Gasteiger partial charge on any atom is 0.270 e. The highest BCUT2D eigenvalue weighted by atomic mass is 16.5. The Bertz CT molecular complexity index is 641. The zero-order valence-electron chi connectivity index (χ0n) is 13.1. The van der Waals surface area contributed by atoms with E-state index in [1.165, 1.54) is 0 Å². The summed E-state index contributed by atoms with van der Waals surface area (Å²) in [5, 5.41) is 6.11. The maximum atomic E-state index is 12.2. The molecule has 0 spiro atoms. The molecule has 2 rings (SSSR count). The van der Waals surface area contributed by atoms with Crippen molar-refractivity contribution in [2.45, 2.75) is 26.4 Å². The Morgan fingerprint density at radius 2 is 2.05 bits per heavy atom. The largest absolute Gasteiger partial charge is 0.496 e. The average molecular weight is 299 g/mol. The van der Waals surface area contributed by atoms with E-state index in [9.17, 15) is 4.79 Å². The molecule has 5 nitrogen and oxygen atoms in total. The van der Waals surface area contributed by atoms with Crippen molar-refractivity contribution in [3.63, 3.8) is 0 Å². The van der Waals surface area contributed by atoms with Crippen molar-refractivity contribution in [1.82, 2.24) is 10.3 Å². The fourth-order valence-corrected chi connectivity index (χ4v) is 2.09. The number of rotatable bonds is 6. The molecule has 1 amide bonds. The van der Waals surface area contributed by atoms with Crippen LogP contribution in [0.1, 0.15) is 29.9 Å². The standard InChI is InChI=1S/C17H21N3O2/c1-12(2)20-14-8-9-18-15(10-14)17(21)19-11-13-6-4-5-7-16(13)22-3/h4-10,12H,11H2,1-3H3,(H,18,20)(H,19,21). The molecule has 2 aromatic rings. The first kappa shape index (κ1) is 15.8. The molecule has 2 N–H and O–H groups in total. The number of carbonyl (C=O) groups excluding carboxylic acids is 1. The van der Waals surface area contributed by atoms with Gasteiger partial charge < -0.3 is 15.4 Å². The Hall–Kier alpha value is -2.56. The first-order valence-electron chi connectivity index (χ1n) is 7.23. The molecule has 0 fully saturated rings. The third-order valence-electron chi connectivity index (χ3n) is 3.08. The number of methoxy groups -OCH3 is 1. The molecule has 1 aromatic heterocycles. The van der Waals surface area contributed by atoms with E-state index in [1.807, 2.05) is 44.2 Å². The number of hydrogen-bond acceptors (Lipinski definition) is 4. The van der Waals surface area contributed by atoms with Gasteiger partial charge in [-0.1, -0.05) is 18.2 Å². The molecule has 0 aliphatic heterocycles. The molecule has 1 aromatic carbocycles. The maximum absolute atomic E-state index is 12.2. The molecule has 22 heavy (non-hydrogen) atoms. The molecule has 0 bridgehead atoms. The lowest BCUT2D eigenvalue weighted by Gasteiger charge is -2.11. The Morgan fingerprint density at radius 1 is 1.27 bits per heavy atom. The SMILES string of the molecule is COc1ccccc1CNC(=O)c1cc(NC(C)C)ccn1. The highest BCUT2D eigenvalue weighted by Gasteiger charge is 2.09. The van der Waals surface area contributed by atoms with E-state index >= 15 is 0 Å². The Kier molecular flexibility index (Phi) is 5.36. The summed E-state index contributed by atoms with van der Waals surface area (Å²) in [6.45, 7) is 4.48. The summed E-state index contributed by atoms with van der Waals surface area (Å²) in [4.78, 5) is 16.3. The van der Waals surface area contributed by atoms with Crippen LogP contribution < -0.4 is 15.4 Å².